The van der Waals surface area contributed by atoms with Crippen LogP contribution in [0, 0.1) is 12.7 Å². The zero-order valence-electron chi connectivity index (χ0n) is 8.47. The van der Waals surface area contributed by atoms with Gasteiger partial charge < -0.3 is 4.74 Å². The van der Waals surface area contributed by atoms with Gasteiger partial charge in [-0.05, 0) is 42.1 Å². The van der Waals surface area contributed by atoms with Crippen molar-refractivity contribution in [2.75, 3.05) is 7.11 Å². The molecule has 0 saturated heterocycles. The molecule has 0 N–H and O–H groups in total. The molecule has 2 aromatic rings. The lowest BCUT2D eigenvalue weighted by atomic mass is 10.1. The fourth-order valence-corrected chi connectivity index (χ4v) is 1.86. The maximum Gasteiger partial charge on any atom is 0.132 e. The molecule has 0 fully saturated rings. The first-order valence-corrected chi connectivity index (χ1v) is 4.93. The highest BCUT2D eigenvalue weighted by atomic mass is 35.5. The lowest BCUT2D eigenvalue weighted by Gasteiger charge is -2.07. The van der Waals surface area contributed by atoms with Gasteiger partial charge in [-0.2, -0.15) is 0 Å². The maximum absolute atomic E-state index is 13.6. The number of aryl methyl sites for hydroxylation is 1. The Kier molecular flexibility index (Phi) is 2.53. The molecule has 78 valence electrons. The molecule has 0 radical (unpaired) electrons. The van der Waals surface area contributed by atoms with Crippen molar-refractivity contribution in [3.05, 3.63) is 40.7 Å². The predicted octanol–water partition coefficient (Wildman–Crippen LogP) is 3.95. The van der Waals surface area contributed by atoms with E-state index in [0.29, 0.717) is 16.2 Å². The summed E-state index contributed by atoms with van der Waals surface area (Å²) in [4.78, 5) is 0. The Morgan fingerprint density at radius 1 is 1.20 bits per heavy atom. The van der Waals surface area contributed by atoms with E-state index >= 15 is 0 Å². The summed E-state index contributed by atoms with van der Waals surface area (Å²) in [6.07, 6.45) is 0. The molecule has 1 nitrogen and oxygen atoms in total. The van der Waals surface area contributed by atoms with E-state index in [-0.39, 0.29) is 5.82 Å². The van der Waals surface area contributed by atoms with Crippen molar-refractivity contribution in [1.29, 1.82) is 0 Å². The zero-order valence-corrected chi connectivity index (χ0v) is 9.23. The van der Waals surface area contributed by atoms with Gasteiger partial charge in [0, 0.05) is 10.4 Å². The highest BCUT2D eigenvalue weighted by Crippen LogP contribution is 2.29. The van der Waals surface area contributed by atoms with E-state index < -0.39 is 0 Å². The molecule has 0 aliphatic carbocycles. The van der Waals surface area contributed by atoms with Crippen molar-refractivity contribution in [2.45, 2.75) is 6.92 Å². The van der Waals surface area contributed by atoms with Crippen LogP contribution in [0.2, 0.25) is 5.02 Å². The van der Waals surface area contributed by atoms with E-state index in [1.54, 1.807) is 19.2 Å². The summed E-state index contributed by atoms with van der Waals surface area (Å²) in [5, 5.41) is 1.73. The third-order valence-corrected chi connectivity index (χ3v) is 2.60. The number of rotatable bonds is 1. The summed E-state index contributed by atoms with van der Waals surface area (Å²) in [5.41, 5.74) is 0.965. The zero-order chi connectivity index (χ0) is 11.0. The molecule has 15 heavy (non-hydrogen) atoms. The first kappa shape index (κ1) is 10.2. The Morgan fingerprint density at radius 3 is 2.60 bits per heavy atom. The van der Waals surface area contributed by atoms with Crippen molar-refractivity contribution in [3.8, 4) is 5.75 Å². The Hall–Kier alpha value is -1.28. The molecule has 3 heteroatoms. The molecule has 0 aromatic heterocycles. The molecule has 2 rings (SSSR count). The second kappa shape index (κ2) is 3.70. The van der Waals surface area contributed by atoms with Crippen LogP contribution < -0.4 is 4.74 Å². The predicted molar refractivity (Wildman–Crippen MR) is 60.2 cm³/mol. The standard InChI is InChI=1S/C12H10ClFO/c1-7-3-8-4-9(13)5-11(14)10(8)6-12(7)15-2/h3-6H,1-2H3. The van der Waals surface area contributed by atoms with Gasteiger partial charge in [-0.3, -0.25) is 0 Å². The second-order valence-corrected chi connectivity index (χ2v) is 3.87. The molecule has 0 unspecified atom stereocenters. The van der Waals surface area contributed by atoms with Gasteiger partial charge in [0.05, 0.1) is 7.11 Å². The summed E-state index contributed by atoms with van der Waals surface area (Å²) in [7, 11) is 1.57. The van der Waals surface area contributed by atoms with Gasteiger partial charge in [-0.15, -0.1) is 0 Å². The van der Waals surface area contributed by atoms with Crippen molar-refractivity contribution >= 4 is 22.4 Å². The molecular weight excluding hydrogens is 215 g/mol. The van der Waals surface area contributed by atoms with E-state index in [1.165, 1.54) is 6.07 Å². The van der Waals surface area contributed by atoms with Crippen LogP contribution in [0.1, 0.15) is 5.56 Å². The number of fused-ring (bicyclic) bond motifs is 1. The first-order valence-electron chi connectivity index (χ1n) is 4.55. The van der Waals surface area contributed by atoms with Crippen LogP contribution in [0.25, 0.3) is 10.8 Å². The van der Waals surface area contributed by atoms with Crippen LogP contribution >= 0.6 is 11.6 Å². The molecule has 0 heterocycles. The third-order valence-electron chi connectivity index (χ3n) is 2.38. The SMILES string of the molecule is COc1cc2c(F)cc(Cl)cc2cc1C. The summed E-state index contributed by atoms with van der Waals surface area (Å²) >= 11 is 5.78. The number of methoxy groups -OCH3 is 1. The van der Waals surface area contributed by atoms with Gasteiger partial charge in [0.1, 0.15) is 11.6 Å². The first-order chi connectivity index (χ1) is 7.11. The van der Waals surface area contributed by atoms with E-state index in [1.807, 2.05) is 13.0 Å². The number of halogens is 2. The van der Waals surface area contributed by atoms with Crippen molar-refractivity contribution in [2.24, 2.45) is 0 Å². The third kappa shape index (κ3) is 1.77. The molecule has 0 spiro atoms. The Morgan fingerprint density at radius 2 is 1.93 bits per heavy atom. The average Bonchev–Trinajstić information content (AvgIpc) is 2.16. The van der Waals surface area contributed by atoms with E-state index in [4.69, 9.17) is 16.3 Å². The second-order valence-electron chi connectivity index (χ2n) is 3.43. The fraction of sp³-hybridized carbons (Fsp3) is 0.167. The quantitative estimate of drug-likeness (QED) is 0.713. The van der Waals surface area contributed by atoms with Gasteiger partial charge in [0.2, 0.25) is 0 Å². The van der Waals surface area contributed by atoms with Crippen LogP contribution in [-0.2, 0) is 0 Å². The molecule has 0 bridgehead atoms. The van der Waals surface area contributed by atoms with Crippen LogP contribution in [0.3, 0.4) is 0 Å². The molecule has 2 aromatic carbocycles. The van der Waals surface area contributed by atoms with Gasteiger partial charge in [-0.1, -0.05) is 11.6 Å². The summed E-state index contributed by atoms with van der Waals surface area (Å²) in [5.74, 6) is 0.361. The minimum Gasteiger partial charge on any atom is -0.496 e. The van der Waals surface area contributed by atoms with Crippen molar-refractivity contribution < 1.29 is 9.13 Å². The van der Waals surface area contributed by atoms with Crippen LogP contribution in [0.4, 0.5) is 4.39 Å². The normalized spacial score (nSPS) is 10.7. The van der Waals surface area contributed by atoms with Gasteiger partial charge in [-0.25, -0.2) is 4.39 Å². The fourth-order valence-electron chi connectivity index (χ4n) is 1.65. The van der Waals surface area contributed by atoms with Crippen LogP contribution in [0.15, 0.2) is 24.3 Å². The minimum atomic E-state index is -0.323. The van der Waals surface area contributed by atoms with Gasteiger partial charge in [0.25, 0.3) is 0 Å². The summed E-state index contributed by atoms with van der Waals surface area (Å²) < 4.78 is 18.7. The van der Waals surface area contributed by atoms with E-state index in [2.05, 4.69) is 0 Å². The van der Waals surface area contributed by atoms with Gasteiger partial charge >= 0.3 is 0 Å². The Bertz CT molecular complexity index is 523. The Balaban J connectivity index is 2.81. The molecule has 0 saturated carbocycles. The smallest absolute Gasteiger partial charge is 0.132 e. The van der Waals surface area contributed by atoms with E-state index in [0.717, 1.165) is 10.9 Å². The van der Waals surface area contributed by atoms with Crippen LogP contribution in [0.5, 0.6) is 5.75 Å². The topological polar surface area (TPSA) is 9.23 Å². The molecule has 0 aliphatic rings. The average molecular weight is 225 g/mol. The molecule has 0 amide bonds. The lowest BCUT2D eigenvalue weighted by molar-refractivity contribution is 0.412. The molecular formula is C12H10ClFO. The lowest BCUT2D eigenvalue weighted by Crippen LogP contribution is -1.89. The van der Waals surface area contributed by atoms with Gasteiger partial charge in [0.15, 0.2) is 0 Å². The highest BCUT2D eigenvalue weighted by Gasteiger charge is 2.06. The van der Waals surface area contributed by atoms with Crippen molar-refractivity contribution in [1.82, 2.24) is 0 Å². The van der Waals surface area contributed by atoms with E-state index in [9.17, 15) is 4.39 Å². The maximum atomic E-state index is 13.6. The highest BCUT2D eigenvalue weighted by molar-refractivity contribution is 6.31. The molecule has 0 aliphatic heterocycles. The summed E-state index contributed by atoms with van der Waals surface area (Å²) in [6.45, 7) is 1.91. The largest absolute Gasteiger partial charge is 0.496 e. The monoisotopic (exact) mass is 224 g/mol. The Labute approximate surface area is 92.4 Å². The number of ether oxygens (including phenoxy) is 1. The van der Waals surface area contributed by atoms with Crippen molar-refractivity contribution in [3.63, 3.8) is 0 Å². The van der Waals surface area contributed by atoms with Crippen LogP contribution in [-0.4, -0.2) is 7.11 Å². The minimum absolute atomic E-state index is 0.323. The number of benzene rings is 2. The number of hydrogen-bond acceptors (Lipinski definition) is 1. The summed E-state index contributed by atoms with van der Waals surface area (Å²) in [6, 6.07) is 6.60. The number of hydrogen-bond donors (Lipinski definition) is 0. The molecule has 0 atom stereocenters.